The van der Waals surface area contributed by atoms with Crippen molar-refractivity contribution in [1.29, 1.82) is 0 Å². The minimum atomic E-state index is 0.489. The number of benzene rings is 1. The van der Waals surface area contributed by atoms with Crippen molar-refractivity contribution < 1.29 is 0 Å². The average molecular weight is 288 g/mol. The monoisotopic (exact) mass is 288 g/mol. The van der Waals surface area contributed by atoms with Gasteiger partial charge in [-0.15, -0.1) is 0 Å². The molecule has 0 spiro atoms. The second kappa shape index (κ2) is 6.83. The van der Waals surface area contributed by atoms with Crippen molar-refractivity contribution in [3.8, 4) is 0 Å². The van der Waals surface area contributed by atoms with Gasteiger partial charge in [0, 0.05) is 25.3 Å². The van der Waals surface area contributed by atoms with Gasteiger partial charge in [0.1, 0.15) is 0 Å². The molecular formula is C19H32N2. The molecule has 118 valence electrons. The van der Waals surface area contributed by atoms with Crippen LogP contribution < -0.4 is 10.2 Å². The van der Waals surface area contributed by atoms with Gasteiger partial charge >= 0.3 is 0 Å². The topological polar surface area (TPSA) is 15.3 Å². The highest BCUT2D eigenvalue weighted by molar-refractivity contribution is 5.52. The summed E-state index contributed by atoms with van der Waals surface area (Å²) in [5.74, 6) is 0.735. The first kappa shape index (κ1) is 16.4. The fourth-order valence-electron chi connectivity index (χ4n) is 3.90. The van der Waals surface area contributed by atoms with Crippen LogP contribution in [0.3, 0.4) is 0 Å². The fourth-order valence-corrected chi connectivity index (χ4v) is 3.90. The Morgan fingerprint density at radius 3 is 2.67 bits per heavy atom. The molecule has 2 nitrogen and oxygen atoms in total. The Labute approximate surface area is 130 Å². The summed E-state index contributed by atoms with van der Waals surface area (Å²) in [6.45, 7) is 11.5. The molecule has 0 saturated heterocycles. The first-order chi connectivity index (χ1) is 9.93. The Kier molecular flexibility index (Phi) is 5.32. The highest BCUT2D eigenvalue weighted by Crippen LogP contribution is 2.39. The average Bonchev–Trinajstić information content (AvgIpc) is 2.42. The van der Waals surface area contributed by atoms with Crippen molar-refractivity contribution in [2.45, 2.75) is 53.0 Å². The van der Waals surface area contributed by atoms with Gasteiger partial charge in [-0.2, -0.15) is 0 Å². The molecule has 1 aliphatic rings. The van der Waals surface area contributed by atoms with E-state index in [0.717, 1.165) is 19.0 Å². The van der Waals surface area contributed by atoms with Crippen LogP contribution >= 0.6 is 0 Å². The van der Waals surface area contributed by atoms with Gasteiger partial charge in [0.25, 0.3) is 0 Å². The van der Waals surface area contributed by atoms with Crippen molar-refractivity contribution in [2.24, 2.45) is 11.3 Å². The third-order valence-corrected chi connectivity index (χ3v) is 5.02. The first-order valence-corrected chi connectivity index (χ1v) is 8.43. The van der Waals surface area contributed by atoms with Crippen molar-refractivity contribution in [1.82, 2.24) is 5.32 Å². The molecule has 2 rings (SSSR count). The van der Waals surface area contributed by atoms with Crippen LogP contribution in [0.15, 0.2) is 24.3 Å². The summed E-state index contributed by atoms with van der Waals surface area (Å²) < 4.78 is 0. The normalized spacial score (nSPS) is 24.8. The first-order valence-electron chi connectivity index (χ1n) is 8.43. The van der Waals surface area contributed by atoms with E-state index in [4.69, 9.17) is 0 Å². The number of anilines is 1. The van der Waals surface area contributed by atoms with E-state index < -0.39 is 0 Å². The molecule has 1 aliphatic carbocycles. The molecule has 0 heterocycles. The predicted octanol–water partition coefficient (Wildman–Crippen LogP) is 4.24. The standard InChI is InChI=1S/C19H32N2/c1-6-20-17-11-12-19(3,4)13-16(17)14-21(5)18-10-8-7-9-15(18)2/h7-10,16-17,20H,6,11-14H2,1-5H3. The molecule has 2 heteroatoms. The minimum Gasteiger partial charge on any atom is -0.374 e. The lowest BCUT2D eigenvalue weighted by molar-refractivity contribution is 0.143. The van der Waals surface area contributed by atoms with Gasteiger partial charge in [0.2, 0.25) is 0 Å². The van der Waals surface area contributed by atoms with Gasteiger partial charge < -0.3 is 10.2 Å². The number of nitrogens with zero attached hydrogens (tertiary/aromatic N) is 1. The summed E-state index contributed by atoms with van der Waals surface area (Å²) in [5, 5.41) is 3.72. The van der Waals surface area contributed by atoms with E-state index in [0.29, 0.717) is 11.5 Å². The Hall–Kier alpha value is -1.02. The van der Waals surface area contributed by atoms with Crippen LogP contribution in [0.2, 0.25) is 0 Å². The molecule has 0 radical (unpaired) electrons. The molecule has 0 aliphatic heterocycles. The van der Waals surface area contributed by atoms with Gasteiger partial charge in [0.05, 0.1) is 0 Å². The van der Waals surface area contributed by atoms with Crippen molar-refractivity contribution in [3.63, 3.8) is 0 Å². The summed E-state index contributed by atoms with van der Waals surface area (Å²) in [4.78, 5) is 2.45. The van der Waals surface area contributed by atoms with Crippen LogP contribution in [0.1, 0.15) is 45.6 Å². The largest absolute Gasteiger partial charge is 0.374 e. The van der Waals surface area contributed by atoms with Crippen molar-refractivity contribution in [3.05, 3.63) is 29.8 Å². The highest BCUT2D eigenvalue weighted by atomic mass is 15.1. The molecule has 1 fully saturated rings. The van der Waals surface area contributed by atoms with Crippen molar-refractivity contribution >= 4 is 5.69 Å². The van der Waals surface area contributed by atoms with Gasteiger partial charge in [-0.1, -0.05) is 39.0 Å². The molecule has 21 heavy (non-hydrogen) atoms. The van der Waals surface area contributed by atoms with Gasteiger partial charge in [-0.25, -0.2) is 0 Å². The molecule has 0 bridgehead atoms. The number of para-hydroxylation sites is 1. The smallest absolute Gasteiger partial charge is 0.0393 e. The third kappa shape index (κ3) is 4.23. The number of hydrogen-bond donors (Lipinski definition) is 1. The maximum atomic E-state index is 3.72. The van der Waals surface area contributed by atoms with Crippen LogP contribution in [0.5, 0.6) is 0 Å². The molecule has 1 aromatic carbocycles. The highest BCUT2D eigenvalue weighted by Gasteiger charge is 2.35. The zero-order valence-corrected chi connectivity index (χ0v) is 14.4. The lowest BCUT2D eigenvalue weighted by Gasteiger charge is -2.43. The van der Waals surface area contributed by atoms with Gasteiger partial charge in [-0.3, -0.25) is 0 Å². The Morgan fingerprint density at radius 1 is 1.29 bits per heavy atom. The number of aryl methyl sites for hydroxylation is 1. The predicted molar refractivity (Wildman–Crippen MR) is 93.0 cm³/mol. The van der Waals surface area contributed by atoms with Crippen LogP contribution in [0.4, 0.5) is 5.69 Å². The maximum absolute atomic E-state index is 3.72. The Balaban J connectivity index is 2.08. The maximum Gasteiger partial charge on any atom is 0.0393 e. The Bertz CT molecular complexity index is 453. The zero-order chi connectivity index (χ0) is 15.5. The molecule has 1 N–H and O–H groups in total. The molecule has 0 amide bonds. The SMILES string of the molecule is CCNC1CCC(C)(C)CC1CN(C)c1ccccc1C. The van der Waals surface area contributed by atoms with Crippen LogP contribution in [0.25, 0.3) is 0 Å². The van der Waals surface area contributed by atoms with Crippen molar-refractivity contribution in [2.75, 3.05) is 25.0 Å². The molecule has 2 unspecified atom stereocenters. The van der Waals surface area contributed by atoms with Gasteiger partial charge in [0.15, 0.2) is 0 Å². The molecular weight excluding hydrogens is 256 g/mol. The second-order valence-corrected chi connectivity index (χ2v) is 7.50. The number of hydrogen-bond acceptors (Lipinski definition) is 2. The molecule has 1 saturated carbocycles. The second-order valence-electron chi connectivity index (χ2n) is 7.50. The lowest BCUT2D eigenvalue weighted by Crippen LogP contribution is -2.47. The van der Waals surface area contributed by atoms with E-state index in [1.807, 2.05) is 0 Å². The van der Waals surface area contributed by atoms with E-state index in [9.17, 15) is 0 Å². The van der Waals surface area contributed by atoms with E-state index in [1.165, 1.54) is 30.5 Å². The summed E-state index contributed by atoms with van der Waals surface area (Å²) in [7, 11) is 2.24. The van der Waals surface area contributed by atoms with E-state index in [2.05, 4.69) is 69.2 Å². The summed E-state index contributed by atoms with van der Waals surface area (Å²) in [5.41, 5.74) is 3.23. The summed E-state index contributed by atoms with van der Waals surface area (Å²) in [6.07, 6.45) is 3.98. The molecule has 0 aromatic heterocycles. The minimum absolute atomic E-state index is 0.489. The van der Waals surface area contributed by atoms with Gasteiger partial charge in [-0.05, 0) is 55.7 Å². The van der Waals surface area contributed by atoms with Crippen LogP contribution in [0, 0.1) is 18.3 Å². The summed E-state index contributed by atoms with van der Waals surface area (Å²) >= 11 is 0. The number of nitrogens with one attached hydrogen (secondary N) is 1. The van der Waals surface area contributed by atoms with E-state index in [1.54, 1.807) is 0 Å². The molecule has 2 atom stereocenters. The van der Waals surface area contributed by atoms with Crippen LogP contribution in [-0.4, -0.2) is 26.2 Å². The quantitative estimate of drug-likeness (QED) is 0.872. The van der Waals surface area contributed by atoms with Crippen LogP contribution in [-0.2, 0) is 0 Å². The lowest BCUT2D eigenvalue weighted by atomic mass is 9.69. The van der Waals surface area contributed by atoms with E-state index >= 15 is 0 Å². The zero-order valence-electron chi connectivity index (χ0n) is 14.4. The number of rotatable bonds is 5. The Morgan fingerprint density at radius 2 is 2.00 bits per heavy atom. The summed E-state index contributed by atoms with van der Waals surface area (Å²) in [6, 6.07) is 9.39. The third-order valence-electron chi connectivity index (χ3n) is 5.02. The molecule has 1 aromatic rings. The van der Waals surface area contributed by atoms with E-state index in [-0.39, 0.29) is 0 Å². The fraction of sp³-hybridized carbons (Fsp3) is 0.684.